The third-order valence-electron chi connectivity index (χ3n) is 0.734. The van der Waals surface area contributed by atoms with Crippen LogP contribution in [-0.4, -0.2) is 11.8 Å². The van der Waals surface area contributed by atoms with Crippen molar-refractivity contribution in [3.05, 3.63) is 17.6 Å². The van der Waals surface area contributed by atoms with E-state index in [1.807, 2.05) is 0 Å². The maximum absolute atomic E-state index is 11.8. The van der Waals surface area contributed by atoms with Crippen LogP contribution in [0.3, 0.4) is 0 Å². The molecule has 0 atom stereocenters. The molecule has 0 bridgehead atoms. The van der Waals surface area contributed by atoms with Gasteiger partial charge in [0.1, 0.15) is 11.9 Å². The van der Waals surface area contributed by atoms with Gasteiger partial charge >= 0.3 is 5.38 Å². The Hall–Kier alpha value is -0.540. The van der Waals surface area contributed by atoms with Crippen LogP contribution in [0.1, 0.15) is 0 Å². The second-order valence-electron chi connectivity index (χ2n) is 1.47. The summed E-state index contributed by atoms with van der Waals surface area (Å²) in [6.07, 6.45) is -4.06. The lowest BCUT2D eigenvalue weighted by Gasteiger charge is -2.08. The van der Waals surface area contributed by atoms with Crippen molar-refractivity contribution >= 4 is 11.6 Å². The standard InChI is InChI=1S/C5H2ClF5/c6-5(10,11)3(1-2-7)4(8)9/h2,4H. The molecule has 0 amide bonds. The Morgan fingerprint density at radius 1 is 1.45 bits per heavy atom. The molecule has 0 aliphatic heterocycles. The van der Waals surface area contributed by atoms with Gasteiger partial charge in [-0.2, -0.15) is 8.78 Å². The van der Waals surface area contributed by atoms with Gasteiger partial charge in [0, 0.05) is 0 Å². The molecule has 64 valence electrons. The molecule has 0 saturated heterocycles. The third-order valence-corrected chi connectivity index (χ3v) is 0.937. The first-order chi connectivity index (χ1) is 4.89. The van der Waals surface area contributed by atoms with Gasteiger partial charge in [-0.25, -0.2) is 13.2 Å². The number of rotatable bonds is 2. The van der Waals surface area contributed by atoms with Gasteiger partial charge in [0.2, 0.25) is 0 Å². The Morgan fingerprint density at radius 2 is 1.91 bits per heavy atom. The zero-order valence-electron chi connectivity index (χ0n) is 4.92. The molecule has 11 heavy (non-hydrogen) atoms. The Balaban J connectivity index is 4.79. The van der Waals surface area contributed by atoms with Gasteiger partial charge in [-0.3, -0.25) is 0 Å². The molecule has 0 nitrogen and oxygen atoms in total. The highest BCUT2D eigenvalue weighted by Gasteiger charge is 2.37. The molecule has 0 N–H and O–H groups in total. The van der Waals surface area contributed by atoms with E-state index in [-0.39, 0.29) is 0 Å². The smallest absolute Gasteiger partial charge is 0.206 e. The maximum atomic E-state index is 11.8. The number of hydrogen-bond acceptors (Lipinski definition) is 0. The van der Waals surface area contributed by atoms with Crippen LogP contribution >= 0.6 is 11.6 Å². The highest BCUT2D eigenvalue weighted by atomic mass is 35.5. The normalized spacial score (nSPS) is 11.2. The summed E-state index contributed by atoms with van der Waals surface area (Å²) in [6.45, 7) is 0. The molecule has 0 rings (SSSR count). The first kappa shape index (κ1) is 10.5. The Morgan fingerprint density at radius 3 is 2.00 bits per heavy atom. The maximum Gasteiger partial charge on any atom is 0.357 e. The van der Waals surface area contributed by atoms with Crippen molar-refractivity contribution in [2.75, 3.05) is 0 Å². The number of halogens is 6. The van der Waals surface area contributed by atoms with Gasteiger partial charge in [-0.1, -0.05) is 5.73 Å². The molecule has 0 aromatic heterocycles. The Bertz CT molecular complexity index is 186. The lowest BCUT2D eigenvalue weighted by molar-refractivity contribution is 0.0807. The summed E-state index contributed by atoms with van der Waals surface area (Å²) in [5.74, 6) is 0. The highest BCUT2D eigenvalue weighted by molar-refractivity contribution is 6.23. The van der Waals surface area contributed by atoms with Gasteiger partial charge in [0.15, 0.2) is 0 Å². The molecule has 0 aliphatic rings. The minimum Gasteiger partial charge on any atom is -0.206 e. The molecular formula is C5H2ClF5. The van der Waals surface area contributed by atoms with Crippen LogP contribution in [0.5, 0.6) is 0 Å². The fourth-order valence-electron chi connectivity index (χ4n) is 0.327. The van der Waals surface area contributed by atoms with E-state index in [4.69, 9.17) is 0 Å². The lowest BCUT2D eigenvalue weighted by atomic mass is 10.3. The molecule has 6 heteroatoms. The molecule has 0 aromatic rings. The highest BCUT2D eigenvalue weighted by Crippen LogP contribution is 2.31. The molecule has 0 unspecified atom stereocenters. The van der Waals surface area contributed by atoms with E-state index < -0.39 is 23.7 Å². The van der Waals surface area contributed by atoms with E-state index in [9.17, 15) is 22.0 Å². The zero-order chi connectivity index (χ0) is 9.07. The molecular weight excluding hydrogens is 190 g/mol. The number of allylic oxidation sites excluding steroid dienone is 1. The molecule has 0 heterocycles. The first-order valence-corrected chi connectivity index (χ1v) is 2.68. The average molecular weight is 193 g/mol. The summed E-state index contributed by atoms with van der Waals surface area (Å²) in [4.78, 5) is 0. The van der Waals surface area contributed by atoms with Crippen molar-refractivity contribution in [3.63, 3.8) is 0 Å². The van der Waals surface area contributed by atoms with E-state index in [2.05, 4.69) is 11.6 Å². The summed E-state index contributed by atoms with van der Waals surface area (Å²) in [5, 5.41) is -4.25. The fourth-order valence-corrected chi connectivity index (χ4v) is 0.464. The molecule has 0 spiro atoms. The van der Waals surface area contributed by atoms with E-state index in [0.717, 1.165) is 5.73 Å². The van der Waals surface area contributed by atoms with Crippen LogP contribution in [0.2, 0.25) is 0 Å². The van der Waals surface area contributed by atoms with E-state index in [1.165, 1.54) is 0 Å². The summed E-state index contributed by atoms with van der Waals surface area (Å²) >= 11 is 4.17. The van der Waals surface area contributed by atoms with Gasteiger partial charge in [-0.05, 0) is 11.6 Å². The van der Waals surface area contributed by atoms with Gasteiger partial charge in [0.25, 0.3) is 6.43 Å². The molecule has 0 saturated carbocycles. The summed E-state index contributed by atoms with van der Waals surface area (Å²) < 4.78 is 57.9. The predicted octanol–water partition coefficient (Wildman–Crippen LogP) is 3.09. The van der Waals surface area contributed by atoms with Gasteiger partial charge < -0.3 is 0 Å². The minimum absolute atomic E-state index is 0.544. The Kier molecular flexibility index (Phi) is 3.55. The van der Waals surface area contributed by atoms with E-state index in [1.54, 1.807) is 0 Å². The third kappa shape index (κ3) is 3.39. The van der Waals surface area contributed by atoms with Crippen LogP contribution in [0.25, 0.3) is 0 Å². The topological polar surface area (TPSA) is 0 Å². The summed E-state index contributed by atoms with van der Waals surface area (Å²) in [5.41, 5.74) is -0.858. The van der Waals surface area contributed by atoms with Crippen molar-refractivity contribution in [1.82, 2.24) is 0 Å². The van der Waals surface area contributed by atoms with Crippen molar-refractivity contribution < 1.29 is 22.0 Å². The van der Waals surface area contributed by atoms with E-state index >= 15 is 0 Å². The van der Waals surface area contributed by atoms with Crippen molar-refractivity contribution in [2.45, 2.75) is 11.8 Å². The second-order valence-corrected chi connectivity index (χ2v) is 1.94. The lowest BCUT2D eigenvalue weighted by Crippen LogP contribution is -2.15. The van der Waals surface area contributed by atoms with Gasteiger partial charge in [-0.15, -0.1) is 0 Å². The van der Waals surface area contributed by atoms with Crippen molar-refractivity contribution in [2.24, 2.45) is 0 Å². The van der Waals surface area contributed by atoms with Crippen molar-refractivity contribution in [1.29, 1.82) is 0 Å². The summed E-state index contributed by atoms with van der Waals surface area (Å²) in [7, 11) is 0. The summed E-state index contributed by atoms with van der Waals surface area (Å²) in [6, 6.07) is 0. The van der Waals surface area contributed by atoms with Crippen LogP contribution in [0.4, 0.5) is 22.0 Å². The quantitative estimate of drug-likeness (QED) is 0.358. The SMILES string of the molecule is FC=C=C(C(F)F)C(F)(F)Cl. The predicted molar refractivity (Wildman–Crippen MR) is 29.5 cm³/mol. The van der Waals surface area contributed by atoms with Crippen molar-refractivity contribution in [3.8, 4) is 0 Å². The monoisotopic (exact) mass is 192 g/mol. The molecule has 0 aliphatic carbocycles. The molecule has 0 aromatic carbocycles. The van der Waals surface area contributed by atoms with Crippen LogP contribution in [0.15, 0.2) is 17.6 Å². The number of hydrogen-bond donors (Lipinski definition) is 0. The van der Waals surface area contributed by atoms with Gasteiger partial charge in [0.05, 0.1) is 0 Å². The fraction of sp³-hybridized carbons (Fsp3) is 0.400. The first-order valence-electron chi connectivity index (χ1n) is 2.30. The zero-order valence-corrected chi connectivity index (χ0v) is 5.68. The number of alkyl halides is 5. The van der Waals surface area contributed by atoms with Crippen LogP contribution in [0, 0.1) is 0 Å². The Labute approximate surface area is 64.0 Å². The minimum atomic E-state index is -4.25. The van der Waals surface area contributed by atoms with E-state index in [0.29, 0.717) is 0 Å². The largest absolute Gasteiger partial charge is 0.357 e. The van der Waals surface area contributed by atoms with Crippen LogP contribution < -0.4 is 0 Å². The average Bonchev–Trinajstić information content (AvgIpc) is 1.79. The molecule has 0 fully saturated rings. The van der Waals surface area contributed by atoms with Crippen LogP contribution in [-0.2, 0) is 0 Å². The second kappa shape index (κ2) is 3.74. The molecule has 0 radical (unpaired) electrons.